The van der Waals surface area contributed by atoms with Crippen LogP contribution in [0.3, 0.4) is 0 Å². The van der Waals surface area contributed by atoms with Crippen molar-refractivity contribution in [3.8, 4) is 5.75 Å². The number of hydrogen-bond acceptors (Lipinski definition) is 4. The Morgan fingerprint density at radius 3 is 2.50 bits per heavy atom. The Kier molecular flexibility index (Phi) is 4.71. The van der Waals surface area contributed by atoms with Crippen molar-refractivity contribution in [1.29, 1.82) is 0 Å². The summed E-state index contributed by atoms with van der Waals surface area (Å²) < 4.78 is 5.11. The number of hydrogen-bond donors (Lipinski definition) is 1. The topological polar surface area (TPSA) is 51.2 Å². The van der Waals surface area contributed by atoms with Crippen molar-refractivity contribution in [2.24, 2.45) is 0 Å². The van der Waals surface area contributed by atoms with Crippen LogP contribution in [0.4, 0.5) is 5.69 Å². The van der Waals surface area contributed by atoms with E-state index in [1.54, 1.807) is 13.3 Å². The molecule has 1 aromatic heterocycles. The van der Waals surface area contributed by atoms with Crippen LogP contribution < -0.4 is 10.1 Å². The minimum Gasteiger partial charge on any atom is -0.497 e. The van der Waals surface area contributed by atoms with E-state index in [4.69, 9.17) is 4.74 Å². The molecule has 4 nitrogen and oxygen atoms in total. The first kappa shape index (κ1) is 14.1. The monoisotopic (exact) mass is 270 g/mol. The molecule has 0 fully saturated rings. The van der Waals surface area contributed by atoms with Crippen LogP contribution >= 0.6 is 0 Å². The highest BCUT2D eigenvalue weighted by Gasteiger charge is 2.03. The number of carbonyl (C=O) groups is 1. The third kappa shape index (κ3) is 3.57. The second kappa shape index (κ2) is 6.70. The number of nitrogens with zero attached hydrogens (tertiary/aromatic N) is 1. The molecule has 0 amide bonds. The molecular weight excluding hydrogens is 252 g/mol. The normalized spacial score (nSPS) is 10.1. The maximum Gasteiger partial charge on any atom is 0.164 e. The van der Waals surface area contributed by atoms with Crippen molar-refractivity contribution >= 4 is 11.5 Å². The van der Waals surface area contributed by atoms with Crippen LogP contribution in [0.1, 0.15) is 29.4 Å². The van der Waals surface area contributed by atoms with E-state index >= 15 is 0 Å². The van der Waals surface area contributed by atoms with E-state index in [2.05, 4.69) is 10.3 Å². The highest BCUT2D eigenvalue weighted by atomic mass is 16.5. The number of Topliss-reactive ketones (excluding diaryl/α,β-unsaturated/α-hetero) is 1. The highest BCUT2D eigenvalue weighted by molar-refractivity contribution is 5.95. The summed E-state index contributed by atoms with van der Waals surface area (Å²) in [5.74, 6) is 0.947. The molecule has 0 aliphatic heterocycles. The molecule has 0 aliphatic carbocycles. The molecule has 1 N–H and O–H groups in total. The van der Waals surface area contributed by atoms with Crippen LogP contribution in [0.15, 0.2) is 42.6 Å². The number of ketones is 1. The molecule has 20 heavy (non-hydrogen) atoms. The zero-order valence-electron chi connectivity index (χ0n) is 11.7. The molecule has 0 atom stereocenters. The Hall–Kier alpha value is -2.36. The fourth-order valence-corrected chi connectivity index (χ4v) is 1.80. The fourth-order valence-electron chi connectivity index (χ4n) is 1.80. The molecule has 104 valence electrons. The van der Waals surface area contributed by atoms with Gasteiger partial charge in [0.1, 0.15) is 5.75 Å². The van der Waals surface area contributed by atoms with Crippen molar-refractivity contribution in [1.82, 2.24) is 4.98 Å². The molecular formula is C16H18N2O2. The van der Waals surface area contributed by atoms with E-state index in [1.807, 2.05) is 43.3 Å². The van der Waals surface area contributed by atoms with E-state index in [9.17, 15) is 4.79 Å². The van der Waals surface area contributed by atoms with E-state index in [1.165, 1.54) is 0 Å². The fraction of sp³-hybridized carbons (Fsp3) is 0.250. The van der Waals surface area contributed by atoms with Gasteiger partial charge in [-0.05, 0) is 36.4 Å². The van der Waals surface area contributed by atoms with Crippen molar-refractivity contribution in [3.63, 3.8) is 0 Å². The number of carbonyl (C=O) groups excluding carboxylic acids is 1. The predicted molar refractivity (Wildman–Crippen MR) is 79.2 cm³/mol. The summed E-state index contributed by atoms with van der Waals surface area (Å²) in [4.78, 5) is 15.8. The number of ether oxygens (including phenoxy) is 1. The summed E-state index contributed by atoms with van der Waals surface area (Å²) in [7, 11) is 1.64. The summed E-state index contributed by atoms with van der Waals surface area (Å²) >= 11 is 0. The van der Waals surface area contributed by atoms with Gasteiger partial charge in [-0.2, -0.15) is 0 Å². The van der Waals surface area contributed by atoms with Crippen molar-refractivity contribution < 1.29 is 9.53 Å². The summed E-state index contributed by atoms with van der Waals surface area (Å²) in [5, 5.41) is 3.27. The number of methoxy groups -OCH3 is 1. The van der Waals surface area contributed by atoms with Gasteiger partial charge in [0.25, 0.3) is 0 Å². The second-order valence-electron chi connectivity index (χ2n) is 4.40. The average Bonchev–Trinajstić information content (AvgIpc) is 2.53. The van der Waals surface area contributed by atoms with Crippen LogP contribution in [0.5, 0.6) is 5.75 Å². The largest absolute Gasteiger partial charge is 0.497 e. The van der Waals surface area contributed by atoms with E-state index in [0.29, 0.717) is 18.5 Å². The molecule has 0 saturated heterocycles. The summed E-state index contributed by atoms with van der Waals surface area (Å²) in [6.07, 6.45) is 2.14. The Bertz CT molecular complexity index is 562. The molecule has 0 aliphatic rings. The van der Waals surface area contributed by atoms with Crippen LogP contribution in [-0.4, -0.2) is 17.9 Å². The molecule has 2 rings (SSSR count). The van der Waals surface area contributed by atoms with E-state index in [-0.39, 0.29) is 5.78 Å². The quantitative estimate of drug-likeness (QED) is 0.818. The molecule has 1 aromatic carbocycles. The SMILES string of the molecule is CCC(=O)c1ccc(CNc2ccc(OC)cc2)nc1. The molecule has 2 aromatic rings. The lowest BCUT2D eigenvalue weighted by Gasteiger charge is -2.07. The van der Waals surface area contributed by atoms with Gasteiger partial charge in [-0.1, -0.05) is 6.92 Å². The zero-order valence-corrected chi connectivity index (χ0v) is 11.7. The van der Waals surface area contributed by atoms with Crippen LogP contribution in [0.2, 0.25) is 0 Å². The molecule has 0 saturated carbocycles. The number of aromatic nitrogens is 1. The van der Waals surface area contributed by atoms with Gasteiger partial charge in [0.05, 0.1) is 19.3 Å². The molecule has 1 heterocycles. The van der Waals surface area contributed by atoms with Crippen molar-refractivity contribution in [2.45, 2.75) is 19.9 Å². The number of benzene rings is 1. The van der Waals surface area contributed by atoms with Gasteiger partial charge in [-0.25, -0.2) is 0 Å². The molecule has 0 spiro atoms. The highest BCUT2D eigenvalue weighted by Crippen LogP contribution is 2.15. The Balaban J connectivity index is 1.94. The molecule has 4 heteroatoms. The van der Waals surface area contributed by atoms with E-state index < -0.39 is 0 Å². The molecule has 0 unspecified atom stereocenters. The zero-order chi connectivity index (χ0) is 14.4. The van der Waals surface area contributed by atoms with Gasteiger partial charge in [-0.15, -0.1) is 0 Å². The van der Waals surface area contributed by atoms with Gasteiger partial charge < -0.3 is 10.1 Å². The maximum absolute atomic E-state index is 11.5. The van der Waals surface area contributed by atoms with Crippen LogP contribution in [0, 0.1) is 0 Å². The smallest absolute Gasteiger partial charge is 0.164 e. The Morgan fingerprint density at radius 1 is 1.20 bits per heavy atom. The lowest BCUT2D eigenvalue weighted by Crippen LogP contribution is -2.03. The lowest BCUT2D eigenvalue weighted by molar-refractivity contribution is 0.0988. The first-order valence-electron chi connectivity index (χ1n) is 6.59. The molecule has 0 radical (unpaired) electrons. The van der Waals surface area contributed by atoms with Gasteiger partial charge >= 0.3 is 0 Å². The number of pyridine rings is 1. The first-order chi connectivity index (χ1) is 9.72. The van der Waals surface area contributed by atoms with Gasteiger partial charge in [-0.3, -0.25) is 9.78 Å². The van der Waals surface area contributed by atoms with Gasteiger partial charge in [0.15, 0.2) is 5.78 Å². The summed E-state index contributed by atoms with van der Waals surface area (Å²) in [6.45, 7) is 2.47. The first-order valence-corrected chi connectivity index (χ1v) is 6.59. The maximum atomic E-state index is 11.5. The number of anilines is 1. The average molecular weight is 270 g/mol. The minimum atomic E-state index is 0.118. The minimum absolute atomic E-state index is 0.118. The summed E-state index contributed by atoms with van der Waals surface area (Å²) in [5.41, 5.74) is 2.57. The summed E-state index contributed by atoms with van der Waals surface area (Å²) in [6, 6.07) is 11.4. The Labute approximate surface area is 118 Å². The lowest BCUT2D eigenvalue weighted by atomic mass is 10.1. The van der Waals surface area contributed by atoms with Gasteiger partial charge in [0.2, 0.25) is 0 Å². The van der Waals surface area contributed by atoms with Crippen LogP contribution in [0.25, 0.3) is 0 Å². The number of rotatable bonds is 6. The Morgan fingerprint density at radius 2 is 1.95 bits per heavy atom. The third-order valence-corrected chi connectivity index (χ3v) is 3.03. The molecule has 0 bridgehead atoms. The van der Waals surface area contributed by atoms with Crippen LogP contribution in [-0.2, 0) is 6.54 Å². The predicted octanol–water partition coefficient (Wildman–Crippen LogP) is 3.30. The number of nitrogens with one attached hydrogen (secondary N) is 1. The third-order valence-electron chi connectivity index (χ3n) is 3.03. The van der Waals surface area contributed by atoms with Crippen molar-refractivity contribution in [2.75, 3.05) is 12.4 Å². The second-order valence-corrected chi connectivity index (χ2v) is 4.40. The standard InChI is InChI=1S/C16H18N2O2/c1-3-16(19)12-4-5-14(17-10-12)11-18-13-6-8-15(20-2)9-7-13/h4-10,18H,3,11H2,1-2H3. The van der Waals surface area contributed by atoms with E-state index in [0.717, 1.165) is 17.1 Å². The van der Waals surface area contributed by atoms with Gasteiger partial charge in [0, 0.05) is 23.9 Å². The van der Waals surface area contributed by atoms with Crippen molar-refractivity contribution in [3.05, 3.63) is 53.9 Å².